The monoisotopic (exact) mass is 302 g/mol. The number of fused-ring (bicyclic) bond motifs is 1. The Hall–Kier alpha value is -2.28. The second-order valence-electron chi connectivity index (χ2n) is 4.30. The molecule has 6 nitrogen and oxygen atoms in total. The highest BCUT2D eigenvalue weighted by Crippen LogP contribution is 2.34. The van der Waals surface area contributed by atoms with Gasteiger partial charge in [0.2, 0.25) is 5.88 Å². The molecule has 0 unspecified atom stereocenters. The van der Waals surface area contributed by atoms with Gasteiger partial charge in [0, 0.05) is 0 Å². The number of rotatable bonds is 5. The molecular formula is C14H14N4O2S. The fourth-order valence-electron chi connectivity index (χ4n) is 1.74. The van der Waals surface area contributed by atoms with Crippen molar-refractivity contribution in [2.45, 2.75) is 23.6 Å². The Labute approximate surface area is 125 Å². The SMILES string of the molecule is CCCOc1ncnc(Sc2nc3ccccc3o2)c1N. The van der Waals surface area contributed by atoms with Gasteiger partial charge in [-0.3, -0.25) is 0 Å². The standard InChI is InChI=1S/C14H14N4O2S/c1-2-7-19-12-11(15)13(17-8-16-12)21-14-18-9-5-3-4-6-10(9)20-14/h3-6,8H,2,7,15H2,1H3. The topological polar surface area (TPSA) is 87.1 Å². The first-order valence-electron chi connectivity index (χ1n) is 6.54. The van der Waals surface area contributed by atoms with Crippen LogP contribution in [0.4, 0.5) is 5.69 Å². The van der Waals surface area contributed by atoms with Gasteiger partial charge in [-0.05, 0) is 30.3 Å². The molecule has 0 saturated heterocycles. The van der Waals surface area contributed by atoms with Gasteiger partial charge in [-0.1, -0.05) is 19.1 Å². The van der Waals surface area contributed by atoms with E-state index < -0.39 is 0 Å². The van der Waals surface area contributed by atoms with E-state index in [-0.39, 0.29) is 0 Å². The van der Waals surface area contributed by atoms with Crippen LogP contribution in [0.2, 0.25) is 0 Å². The zero-order chi connectivity index (χ0) is 14.7. The highest BCUT2D eigenvalue weighted by atomic mass is 32.2. The molecule has 2 heterocycles. The third kappa shape index (κ3) is 2.92. The van der Waals surface area contributed by atoms with E-state index in [0.29, 0.717) is 28.4 Å². The van der Waals surface area contributed by atoms with E-state index in [0.717, 1.165) is 17.5 Å². The van der Waals surface area contributed by atoms with Crippen molar-refractivity contribution in [1.82, 2.24) is 15.0 Å². The lowest BCUT2D eigenvalue weighted by Gasteiger charge is -2.07. The Morgan fingerprint density at radius 2 is 2.14 bits per heavy atom. The summed E-state index contributed by atoms with van der Waals surface area (Å²) in [7, 11) is 0. The minimum Gasteiger partial charge on any atom is -0.476 e. The summed E-state index contributed by atoms with van der Waals surface area (Å²) in [5.74, 6) is 0.394. The van der Waals surface area contributed by atoms with Crippen LogP contribution in [0, 0.1) is 0 Å². The number of anilines is 1. The van der Waals surface area contributed by atoms with Gasteiger partial charge < -0.3 is 14.9 Å². The van der Waals surface area contributed by atoms with Gasteiger partial charge in [-0.25, -0.2) is 9.97 Å². The molecule has 0 aliphatic carbocycles. The first-order chi connectivity index (χ1) is 10.3. The number of aromatic nitrogens is 3. The van der Waals surface area contributed by atoms with Crippen molar-refractivity contribution in [2.24, 2.45) is 0 Å². The molecule has 108 valence electrons. The number of nitrogen functional groups attached to an aromatic ring is 1. The summed E-state index contributed by atoms with van der Waals surface area (Å²) in [6.45, 7) is 2.58. The van der Waals surface area contributed by atoms with Gasteiger partial charge in [0.15, 0.2) is 5.58 Å². The van der Waals surface area contributed by atoms with E-state index in [4.69, 9.17) is 14.9 Å². The molecule has 1 aromatic carbocycles. The number of oxazole rings is 1. The van der Waals surface area contributed by atoms with Crippen molar-refractivity contribution in [1.29, 1.82) is 0 Å². The third-order valence-electron chi connectivity index (χ3n) is 2.71. The maximum Gasteiger partial charge on any atom is 0.263 e. The van der Waals surface area contributed by atoms with Crippen LogP contribution >= 0.6 is 11.8 Å². The van der Waals surface area contributed by atoms with E-state index in [1.165, 1.54) is 18.1 Å². The van der Waals surface area contributed by atoms with Crippen LogP contribution in [0.3, 0.4) is 0 Å². The van der Waals surface area contributed by atoms with Crippen LogP contribution < -0.4 is 10.5 Å². The van der Waals surface area contributed by atoms with Crippen molar-refractivity contribution < 1.29 is 9.15 Å². The molecule has 0 atom stereocenters. The number of ether oxygens (including phenoxy) is 1. The summed E-state index contributed by atoms with van der Waals surface area (Å²) in [5.41, 5.74) is 7.96. The van der Waals surface area contributed by atoms with Crippen LogP contribution in [0.25, 0.3) is 11.1 Å². The Bertz CT molecular complexity index is 727. The maximum atomic E-state index is 6.03. The van der Waals surface area contributed by atoms with E-state index in [1.807, 2.05) is 31.2 Å². The molecule has 0 bridgehead atoms. The lowest BCUT2D eigenvalue weighted by Crippen LogP contribution is -2.03. The van der Waals surface area contributed by atoms with Crippen molar-refractivity contribution in [3.05, 3.63) is 30.6 Å². The van der Waals surface area contributed by atoms with Crippen LogP contribution in [0.15, 0.2) is 45.3 Å². The summed E-state index contributed by atoms with van der Waals surface area (Å²) in [6, 6.07) is 7.57. The quantitative estimate of drug-likeness (QED) is 0.724. The van der Waals surface area contributed by atoms with Crippen LogP contribution in [-0.2, 0) is 0 Å². The molecule has 3 aromatic rings. The number of para-hydroxylation sites is 2. The molecule has 0 fully saturated rings. The molecule has 7 heteroatoms. The number of nitrogens with two attached hydrogens (primary N) is 1. The lowest BCUT2D eigenvalue weighted by molar-refractivity contribution is 0.305. The molecule has 0 saturated carbocycles. The van der Waals surface area contributed by atoms with Crippen molar-refractivity contribution in [3.63, 3.8) is 0 Å². The molecule has 0 radical (unpaired) electrons. The van der Waals surface area contributed by atoms with Crippen LogP contribution in [-0.4, -0.2) is 21.6 Å². The van der Waals surface area contributed by atoms with Gasteiger partial charge in [0.25, 0.3) is 5.22 Å². The lowest BCUT2D eigenvalue weighted by atomic mass is 10.3. The highest BCUT2D eigenvalue weighted by molar-refractivity contribution is 7.99. The normalized spacial score (nSPS) is 10.9. The number of hydrogen-bond donors (Lipinski definition) is 1. The maximum absolute atomic E-state index is 6.03. The summed E-state index contributed by atoms with van der Waals surface area (Å²) in [4.78, 5) is 12.6. The number of hydrogen-bond acceptors (Lipinski definition) is 7. The zero-order valence-electron chi connectivity index (χ0n) is 11.4. The van der Waals surface area contributed by atoms with Crippen molar-refractivity contribution in [3.8, 4) is 5.88 Å². The first kappa shape index (κ1) is 13.7. The van der Waals surface area contributed by atoms with E-state index in [9.17, 15) is 0 Å². The molecular weight excluding hydrogens is 288 g/mol. The minimum absolute atomic E-state index is 0.394. The second kappa shape index (κ2) is 6.01. The van der Waals surface area contributed by atoms with E-state index >= 15 is 0 Å². The Balaban J connectivity index is 1.87. The number of benzene rings is 1. The first-order valence-corrected chi connectivity index (χ1v) is 7.36. The molecule has 21 heavy (non-hydrogen) atoms. The predicted molar refractivity (Wildman–Crippen MR) is 80.4 cm³/mol. The van der Waals surface area contributed by atoms with Gasteiger partial charge in [-0.15, -0.1) is 0 Å². The largest absolute Gasteiger partial charge is 0.476 e. The summed E-state index contributed by atoms with van der Waals surface area (Å²) >= 11 is 1.25. The fraction of sp³-hybridized carbons (Fsp3) is 0.214. The molecule has 0 aliphatic rings. The van der Waals surface area contributed by atoms with Crippen molar-refractivity contribution >= 4 is 28.5 Å². The summed E-state index contributed by atoms with van der Waals surface area (Å²) in [6.07, 6.45) is 2.31. The average molecular weight is 302 g/mol. The highest BCUT2D eigenvalue weighted by Gasteiger charge is 2.14. The smallest absolute Gasteiger partial charge is 0.263 e. The molecule has 3 rings (SSSR count). The Morgan fingerprint density at radius 1 is 1.29 bits per heavy atom. The second-order valence-corrected chi connectivity index (χ2v) is 5.24. The summed E-state index contributed by atoms with van der Waals surface area (Å²) in [5, 5.41) is 1.06. The molecule has 0 amide bonds. The zero-order valence-corrected chi connectivity index (χ0v) is 12.3. The van der Waals surface area contributed by atoms with Gasteiger partial charge >= 0.3 is 0 Å². The summed E-state index contributed by atoms with van der Waals surface area (Å²) < 4.78 is 11.1. The van der Waals surface area contributed by atoms with Gasteiger partial charge in [-0.2, -0.15) is 4.98 Å². The van der Waals surface area contributed by atoms with Crippen molar-refractivity contribution in [2.75, 3.05) is 12.3 Å². The average Bonchev–Trinajstić information content (AvgIpc) is 2.90. The minimum atomic E-state index is 0.394. The van der Waals surface area contributed by atoms with Gasteiger partial charge in [0.1, 0.15) is 22.6 Å². The Kier molecular flexibility index (Phi) is 3.92. The fourth-order valence-corrected chi connectivity index (χ4v) is 2.47. The van der Waals surface area contributed by atoms with Crippen LogP contribution in [0.1, 0.15) is 13.3 Å². The molecule has 2 N–H and O–H groups in total. The third-order valence-corrected chi connectivity index (χ3v) is 3.58. The molecule has 2 aromatic heterocycles. The molecule has 0 spiro atoms. The van der Waals surface area contributed by atoms with E-state index in [1.54, 1.807) is 0 Å². The van der Waals surface area contributed by atoms with Crippen LogP contribution in [0.5, 0.6) is 5.88 Å². The Morgan fingerprint density at radius 3 is 2.95 bits per heavy atom. The van der Waals surface area contributed by atoms with E-state index in [2.05, 4.69) is 15.0 Å². The predicted octanol–water partition coefficient (Wildman–Crippen LogP) is 3.14. The number of nitrogens with zero attached hydrogens (tertiary/aromatic N) is 3. The van der Waals surface area contributed by atoms with Gasteiger partial charge in [0.05, 0.1) is 6.61 Å². The molecule has 0 aliphatic heterocycles.